The molecule has 0 aliphatic heterocycles. The number of halogens is 6. The minimum absolute atomic E-state index is 0.00357. The maximum Gasteiger partial charge on any atom is 0.418 e. The Morgan fingerprint density at radius 3 is 1.27 bits per heavy atom. The molecule has 52 heavy (non-hydrogen) atoms. The molecule has 0 N–H and O–H groups in total. The van der Waals surface area contributed by atoms with Crippen LogP contribution in [0.15, 0.2) is 71.2 Å². The Kier molecular flexibility index (Phi) is 15.6. The average Bonchev–Trinajstić information content (AvgIpc) is 3.12. The topological polar surface area (TPSA) is 105 Å². The Morgan fingerprint density at radius 2 is 0.923 bits per heavy atom. The molecule has 2 aliphatic carbocycles. The molecule has 0 radical (unpaired) electrons. The van der Waals surface area contributed by atoms with Crippen molar-refractivity contribution in [2.24, 2.45) is 0 Å². The molecule has 2 atom stereocenters. The summed E-state index contributed by atoms with van der Waals surface area (Å²) in [7, 11) is 0. The van der Waals surface area contributed by atoms with Crippen LogP contribution < -0.4 is 0 Å². The van der Waals surface area contributed by atoms with Gasteiger partial charge in [0, 0.05) is 22.3 Å². The maximum absolute atomic E-state index is 13.5. The Labute approximate surface area is 331 Å². The van der Waals surface area contributed by atoms with Crippen LogP contribution in [-0.2, 0) is 38.1 Å². The van der Waals surface area contributed by atoms with Crippen LogP contribution in [0.2, 0.25) is 30.1 Å². The molecule has 8 nitrogen and oxygen atoms in total. The molecule has 0 spiro atoms. The molecule has 0 saturated carbocycles. The summed E-state index contributed by atoms with van der Waals surface area (Å²) in [6.45, 7) is 4.38. The molecule has 2 unspecified atom stereocenters. The summed E-state index contributed by atoms with van der Waals surface area (Å²) < 4.78 is 23.4. The number of esters is 2. The van der Waals surface area contributed by atoms with E-state index in [2.05, 4.69) is 0 Å². The van der Waals surface area contributed by atoms with Crippen molar-refractivity contribution >= 4 is 105 Å². The molecular weight excluding hydrogens is 797 g/mol. The van der Waals surface area contributed by atoms with Gasteiger partial charge in [0.05, 0.1) is 54.5 Å². The second-order valence-corrected chi connectivity index (χ2v) is 14.0. The number of ether oxygens (including phenoxy) is 4. The lowest BCUT2D eigenvalue weighted by atomic mass is 9.93. The summed E-state index contributed by atoms with van der Waals surface area (Å²) in [5, 5.41) is 1.17. The third-order valence-electron chi connectivity index (χ3n) is 7.89. The Morgan fingerprint density at radius 1 is 0.558 bits per heavy atom. The van der Waals surface area contributed by atoms with Crippen molar-refractivity contribution in [1.82, 2.24) is 0 Å². The first-order valence-corrected chi connectivity index (χ1v) is 18.5. The number of allylic oxidation sites excluding steroid dienone is 4. The van der Waals surface area contributed by atoms with Crippen LogP contribution in [0.1, 0.15) is 63.5 Å². The standard InChI is InChI=1S/C38H32Cl6O8/c1-3-5-7-13-49-35-23(25-15-29(41)31(43)17-27(25)39)11-9-21(19-45)33(35)51-37(47)38(48)52-34-22(20-46)10-12-24(36(34)50-14-8-6-4-2)26-16-30(42)32(44)18-28(26)40/h9-12,15-18,33-34H,3-8,13-14H2,1-2H3. The SMILES string of the molecule is CCCCCOC1=C(c2cc(Cl)c(Cl)cc2Cl)C=CC(=C=O)C1OC(=O)C(=O)OC1C(=C=O)C=CC(c2cc(Cl)c(Cl)cc2Cl)=C1OCCCCC. The molecule has 2 aromatic rings. The van der Waals surface area contributed by atoms with Gasteiger partial charge in [-0.3, -0.25) is 0 Å². The molecule has 4 rings (SSSR count). The average molecular weight is 829 g/mol. The Bertz CT molecular complexity index is 1810. The van der Waals surface area contributed by atoms with E-state index < -0.39 is 24.1 Å². The van der Waals surface area contributed by atoms with Gasteiger partial charge in [-0.05, 0) is 61.4 Å². The molecule has 2 aliphatic rings. The van der Waals surface area contributed by atoms with Crippen LogP contribution in [0, 0.1) is 0 Å². The molecule has 0 aromatic heterocycles. The summed E-state index contributed by atoms with van der Waals surface area (Å²) >= 11 is 38.0. The smallest absolute Gasteiger partial charge is 0.418 e. The zero-order chi connectivity index (χ0) is 37.9. The van der Waals surface area contributed by atoms with Crippen LogP contribution in [0.25, 0.3) is 11.1 Å². The van der Waals surface area contributed by atoms with E-state index in [4.69, 9.17) is 88.6 Å². The fourth-order valence-electron chi connectivity index (χ4n) is 5.25. The van der Waals surface area contributed by atoms with Gasteiger partial charge in [-0.15, -0.1) is 0 Å². The predicted octanol–water partition coefficient (Wildman–Crippen LogP) is 10.6. The highest BCUT2D eigenvalue weighted by Crippen LogP contribution is 2.41. The molecule has 2 aromatic carbocycles. The molecular formula is C38H32Cl6O8. The molecule has 14 heteroatoms. The van der Waals surface area contributed by atoms with Crippen LogP contribution in [0.4, 0.5) is 0 Å². The van der Waals surface area contributed by atoms with Gasteiger partial charge in [0.25, 0.3) is 0 Å². The van der Waals surface area contributed by atoms with E-state index in [9.17, 15) is 19.2 Å². The molecule has 0 amide bonds. The zero-order valence-corrected chi connectivity index (χ0v) is 32.5. The maximum atomic E-state index is 13.5. The van der Waals surface area contributed by atoms with Gasteiger partial charge in [0.15, 0.2) is 12.2 Å². The van der Waals surface area contributed by atoms with E-state index >= 15 is 0 Å². The van der Waals surface area contributed by atoms with Gasteiger partial charge >= 0.3 is 11.9 Å². The lowest BCUT2D eigenvalue weighted by Gasteiger charge is -2.28. The van der Waals surface area contributed by atoms with Crippen molar-refractivity contribution in [2.45, 2.75) is 64.6 Å². The van der Waals surface area contributed by atoms with Gasteiger partial charge in [0.2, 0.25) is 0 Å². The normalized spacial score (nSPS) is 16.8. The third kappa shape index (κ3) is 9.96. The summed E-state index contributed by atoms with van der Waals surface area (Å²) in [5.74, 6) is 0.471. The van der Waals surface area contributed by atoms with Gasteiger partial charge in [-0.1, -0.05) is 109 Å². The summed E-state index contributed by atoms with van der Waals surface area (Å²) in [6.07, 6.45) is 7.37. The van der Waals surface area contributed by atoms with Crippen molar-refractivity contribution in [3.8, 4) is 0 Å². The zero-order valence-electron chi connectivity index (χ0n) is 28.0. The number of rotatable bonds is 14. The first-order chi connectivity index (χ1) is 24.9. The number of hydrogen-bond donors (Lipinski definition) is 0. The second-order valence-electron chi connectivity index (χ2n) is 11.5. The number of benzene rings is 2. The van der Waals surface area contributed by atoms with Crippen molar-refractivity contribution in [2.75, 3.05) is 13.2 Å². The van der Waals surface area contributed by atoms with E-state index in [0.29, 0.717) is 35.1 Å². The predicted molar refractivity (Wildman–Crippen MR) is 204 cm³/mol. The molecule has 0 saturated heterocycles. The Hall–Kier alpha value is -3.42. The van der Waals surface area contributed by atoms with E-state index in [0.717, 1.165) is 25.7 Å². The van der Waals surface area contributed by atoms with Crippen LogP contribution >= 0.6 is 69.6 Å². The quantitative estimate of drug-likeness (QED) is 0.0609. The number of unbranched alkanes of at least 4 members (excludes halogenated alkanes) is 4. The molecule has 0 bridgehead atoms. The summed E-state index contributed by atoms with van der Waals surface area (Å²) in [6, 6.07) is 5.87. The van der Waals surface area contributed by atoms with E-state index in [-0.39, 0.29) is 66.0 Å². The van der Waals surface area contributed by atoms with Crippen molar-refractivity contribution in [3.63, 3.8) is 0 Å². The number of hydrogen-bond acceptors (Lipinski definition) is 8. The van der Waals surface area contributed by atoms with E-state index in [1.54, 1.807) is 11.9 Å². The van der Waals surface area contributed by atoms with Gasteiger partial charge in [0.1, 0.15) is 23.4 Å². The van der Waals surface area contributed by atoms with E-state index in [1.165, 1.54) is 48.6 Å². The highest BCUT2D eigenvalue weighted by Gasteiger charge is 2.38. The van der Waals surface area contributed by atoms with Crippen molar-refractivity contribution < 1.29 is 38.1 Å². The molecule has 0 heterocycles. The van der Waals surface area contributed by atoms with Gasteiger partial charge in [-0.2, -0.15) is 0 Å². The van der Waals surface area contributed by atoms with Crippen LogP contribution in [-0.4, -0.2) is 49.2 Å². The Balaban J connectivity index is 1.72. The number of carbonyl (C=O) groups is 2. The molecule has 0 fully saturated rings. The first-order valence-electron chi connectivity index (χ1n) is 16.3. The van der Waals surface area contributed by atoms with Gasteiger partial charge in [-0.25, -0.2) is 19.2 Å². The summed E-state index contributed by atoms with van der Waals surface area (Å²) in [4.78, 5) is 51.3. The summed E-state index contributed by atoms with van der Waals surface area (Å²) in [5.41, 5.74) is 1.06. The van der Waals surface area contributed by atoms with Gasteiger partial charge < -0.3 is 18.9 Å². The second kappa shape index (κ2) is 19.6. The fraction of sp³-hybridized carbons (Fsp3) is 0.316. The fourth-order valence-corrected chi connectivity index (χ4v) is 6.55. The lowest BCUT2D eigenvalue weighted by Crippen LogP contribution is -2.35. The highest BCUT2D eigenvalue weighted by molar-refractivity contribution is 6.44. The minimum atomic E-state index is -1.54. The minimum Gasteiger partial charge on any atom is -0.493 e. The van der Waals surface area contributed by atoms with Crippen LogP contribution in [0.5, 0.6) is 0 Å². The first kappa shape index (κ1) is 41.3. The van der Waals surface area contributed by atoms with Crippen LogP contribution in [0.3, 0.4) is 0 Å². The monoisotopic (exact) mass is 826 g/mol. The highest BCUT2D eigenvalue weighted by atomic mass is 35.5. The van der Waals surface area contributed by atoms with E-state index in [1.807, 2.05) is 13.8 Å². The molecule has 274 valence electrons. The van der Waals surface area contributed by atoms with Crippen molar-refractivity contribution in [3.05, 3.63) is 112 Å². The number of carbonyl (C=O) groups excluding carboxylic acids is 4. The third-order valence-corrected chi connectivity index (χ3v) is 9.96. The lowest BCUT2D eigenvalue weighted by molar-refractivity contribution is -0.171. The largest absolute Gasteiger partial charge is 0.493 e. The van der Waals surface area contributed by atoms with Crippen molar-refractivity contribution in [1.29, 1.82) is 0 Å².